The number of para-hydroxylation sites is 4. The predicted octanol–water partition coefficient (Wildman–Crippen LogP) is 21.1. The van der Waals surface area contributed by atoms with Gasteiger partial charge in [-0.3, -0.25) is 14.5 Å². The van der Waals surface area contributed by atoms with Gasteiger partial charge in [0.25, 0.3) is 0 Å². The lowest BCUT2D eigenvalue weighted by atomic mass is 9.98. The zero-order valence-corrected chi connectivity index (χ0v) is 50.8. The molecule has 0 spiro atoms. The maximum absolute atomic E-state index is 5.11. The number of fused-ring (bicyclic) bond motifs is 12. The molecule has 0 aliphatic carbocycles. The van der Waals surface area contributed by atoms with Gasteiger partial charge >= 0.3 is 0 Å². The van der Waals surface area contributed by atoms with Crippen LogP contribution in [0.25, 0.3) is 166 Å². The lowest BCUT2D eigenvalue weighted by Gasteiger charge is -2.11. The summed E-state index contributed by atoms with van der Waals surface area (Å²) in [6.45, 7) is 0. The molecule has 0 unspecified atom stereocenters. The summed E-state index contributed by atoms with van der Waals surface area (Å²) in [7, 11) is 0. The Bertz CT molecular complexity index is 6020. The minimum Gasteiger partial charge on any atom is -0.309 e. The van der Waals surface area contributed by atoms with Gasteiger partial charge in [-0.25, -0.2) is 4.98 Å². The van der Waals surface area contributed by atoms with E-state index < -0.39 is 0 Å². The van der Waals surface area contributed by atoms with Crippen LogP contribution in [0.2, 0.25) is 0 Å². The van der Waals surface area contributed by atoms with E-state index in [1.165, 1.54) is 55.0 Å². The lowest BCUT2D eigenvalue weighted by molar-refractivity contribution is 0.953. The van der Waals surface area contributed by atoms with Gasteiger partial charge in [-0.05, 0) is 130 Å². The lowest BCUT2D eigenvalue weighted by Crippen LogP contribution is -2.06. The predicted molar refractivity (Wildman–Crippen MR) is 386 cm³/mol. The second-order valence-electron chi connectivity index (χ2n) is 23.6. The van der Waals surface area contributed by atoms with Crippen molar-refractivity contribution in [2.24, 2.45) is 0 Å². The fourth-order valence-electron chi connectivity index (χ4n) is 14.1. The van der Waals surface area contributed by atoms with Crippen molar-refractivity contribution in [2.45, 2.75) is 0 Å². The highest BCUT2D eigenvalue weighted by Crippen LogP contribution is 2.44. The van der Waals surface area contributed by atoms with Gasteiger partial charge in [0.2, 0.25) is 5.95 Å². The molecule has 0 bridgehead atoms. The minimum absolute atomic E-state index is 0.577. The van der Waals surface area contributed by atoms with Crippen molar-refractivity contribution in [1.82, 2.24) is 43.2 Å². The van der Waals surface area contributed by atoms with Crippen LogP contribution in [0.4, 0.5) is 0 Å². The molecule has 0 fully saturated rings. The zero-order valence-electron chi connectivity index (χ0n) is 50.8. The van der Waals surface area contributed by atoms with E-state index in [-0.39, 0.29) is 0 Å². The molecule has 0 saturated carbocycles. The fraction of sp³-hybridized carbons (Fsp3) is 0. The third-order valence-corrected chi connectivity index (χ3v) is 18.3. The van der Waals surface area contributed by atoms with Crippen molar-refractivity contribution in [3.8, 4) is 79.2 Å². The normalized spacial score (nSPS) is 11.6. The summed E-state index contributed by atoms with van der Waals surface area (Å²) in [5.41, 5.74) is 21.5. The molecule has 0 saturated heterocycles. The summed E-state index contributed by atoms with van der Waals surface area (Å²) >= 11 is 0. The number of rotatable bonds is 9. The Morgan fingerprint density at radius 3 is 1.05 bits per heavy atom. The second-order valence-corrected chi connectivity index (χ2v) is 23.6. The summed E-state index contributed by atoms with van der Waals surface area (Å²) in [4.78, 5) is 24.2. The molecule has 9 nitrogen and oxygen atoms in total. The first kappa shape index (κ1) is 54.1. The Balaban J connectivity index is 0.000000139. The molecule has 19 rings (SSSR count). The van der Waals surface area contributed by atoms with Crippen LogP contribution in [0.3, 0.4) is 0 Å². The number of hydrogen-bond donors (Lipinski definition) is 0. The average Bonchev–Trinajstić information content (AvgIpc) is 1.59. The molecule has 440 valence electrons. The molecular formula is C85H55N9. The largest absolute Gasteiger partial charge is 0.309 e. The van der Waals surface area contributed by atoms with Crippen molar-refractivity contribution < 1.29 is 0 Å². The number of pyridine rings is 2. The molecule has 7 aromatic heterocycles. The first-order valence-electron chi connectivity index (χ1n) is 31.6. The molecule has 9 heteroatoms. The summed E-state index contributed by atoms with van der Waals surface area (Å²) in [5, 5.41) is 9.43. The van der Waals surface area contributed by atoms with Crippen molar-refractivity contribution >= 4 is 87.2 Å². The quantitative estimate of drug-likeness (QED) is 0.144. The van der Waals surface area contributed by atoms with Gasteiger partial charge in [0.1, 0.15) is 0 Å². The monoisotopic (exact) mass is 1200 g/mol. The standard InChI is InChI=1S/C44H28N6.C41H27N3/c1-4-13-29(14-5-1)42-46-43(30-15-6-2-7-16-30)48-44(47-42)50-37-21-11-10-19-34(37)41-33(20-12-22-40(41)50)31-23-24-38-35(27-31)36-28-45-26-25-39(36)49(38)32-17-8-3-9-18-32;1-3-10-28(11-4-1)29-18-21-32(22-19-29)44-37-16-8-7-14-34(37)41-33(15-9-17-40(41)44)30-20-23-38-35(26-30)36-27-42-25-24-39(36)43(38)31-12-5-2-6-13-31/h1-28H;1-27H. The molecule has 0 atom stereocenters. The summed E-state index contributed by atoms with van der Waals surface area (Å²) in [6, 6.07) is 109. The van der Waals surface area contributed by atoms with Crippen LogP contribution in [0.1, 0.15) is 0 Å². The molecule has 0 N–H and O–H groups in total. The van der Waals surface area contributed by atoms with Gasteiger partial charge in [0, 0.05) is 96.1 Å². The Morgan fingerprint density at radius 2 is 0.564 bits per heavy atom. The molecule has 0 aliphatic heterocycles. The van der Waals surface area contributed by atoms with Crippen LogP contribution in [0.5, 0.6) is 0 Å². The maximum Gasteiger partial charge on any atom is 0.238 e. The van der Waals surface area contributed by atoms with Crippen molar-refractivity contribution in [2.75, 3.05) is 0 Å². The SMILES string of the molecule is c1ccc(-c2ccc(-n3c4ccccc4c4c(-c5ccc6c(c5)c5cnccc5n6-c5ccccc5)cccc43)cc2)cc1.c1ccc(-c2nc(-c3ccccc3)nc(-n3c4ccccc4c4c(-c5ccc6c(c5)c5cnccc5n6-c5ccccc5)cccc43)n2)cc1. The van der Waals surface area contributed by atoms with Crippen LogP contribution >= 0.6 is 0 Å². The molecular weight excluding hydrogens is 1150 g/mol. The fourth-order valence-corrected chi connectivity index (χ4v) is 14.1. The van der Waals surface area contributed by atoms with E-state index >= 15 is 0 Å². The van der Waals surface area contributed by atoms with E-state index in [0.717, 1.165) is 93.8 Å². The van der Waals surface area contributed by atoms with Gasteiger partial charge in [-0.1, -0.05) is 212 Å². The highest BCUT2D eigenvalue weighted by atomic mass is 15.2. The van der Waals surface area contributed by atoms with Gasteiger partial charge in [-0.15, -0.1) is 0 Å². The first-order valence-corrected chi connectivity index (χ1v) is 31.6. The Morgan fingerprint density at radius 1 is 0.213 bits per heavy atom. The van der Waals surface area contributed by atoms with Gasteiger partial charge in [-0.2, -0.15) is 9.97 Å². The van der Waals surface area contributed by atoms with Gasteiger partial charge in [0.15, 0.2) is 11.6 Å². The number of hydrogen-bond acceptors (Lipinski definition) is 5. The van der Waals surface area contributed by atoms with Crippen LogP contribution in [0.15, 0.2) is 334 Å². The smallest absolute Gasteiger partial charge is 0.238 e. The van der Waals surface area contributed by atoms with E-state index in [4.69, 9.17) is 15.0 Å². The maximum atomic E-state index is 5.11. The van der Waals surface area contributed by atoms with Crippen LogP contribution in [0, 0.1) is 0 Å². The van der Waals surface area contributed by atoms with Gasteiger partial charge < -0.3 is 13.7 Å². The van der Waals surface area contributed by atoms with E-state index in [9.17, 15) is 0 Å². The number of nitrogens with zero attached hydrogens (tertiary/aromatic N) is 9. The van der Waals surface area contributed by atoms with Gasteiger partial charge in [0.05, 0.1) is 44.1 Å². The molecule has 0 radical (unpaired) electrons. The molecule has 19 aromatic rings. The molecule has 0 amide bonds. The highest BCUT2D eigenvalue weighted by molar-refractivity contribution is 6.19. The van der Waals surface area contributed by atoms with E-state index in [2.05, 4.69) is 277 Å². The second kappa shape index (κ2) is 22.6. The Hall–Kier alpha value is -12.9. The van der Waals surface area contributed by atoms with E-state index in [0.29, 0.717) is 17.6 Å². The zero-order chi connectivity index (χ0) is 62.1. The Kier molecular flexibility index (Phi) is 13.0. The van der Waals surface area contributed by atoms with Crippen molar-refractivity contribution in [3.05, 3.63) is 334 Å². The number of benzene rings is 12. The average molecular weight is 1200 g/mol. The van der Waals surface area contributed by atoms with Crippen molar-refractivity contribution in [1.29, 1.82) is 0 Å². The summed E-state index contributed by atoms with van der Waals surface area (Å²) in [6.07, 6.45) is 7.71. The van der Waals surface area contributed by atoms with Crippen LogP contribution in [-0.4, -0.2) is 43.2 Å². The van der Waals surface area contributed by atoms with Crippen LogP contribution < -0.4 is 0 Å². The van der Waals surface area contributed by atoms with Crippen LogP contribution in [-0.2, 0) is 0 Å². The first-order chi connectivity index (χ1) is 46.7. The van der Waals surface area contributed by atoms with E-state index in [1.54, 1.807) is 0 Å². The topological polar surface area (TPSA) is 84.2 Å². The highest BCUT2D eigenvalue weighted by Gasteiger charge is 2.23. The minimum atomic E-state index is 0.577. The third-order valence-electron chi connectivity index (χ3n) is 18.3. The summed E-state index contributed by atoms with van der Waals surface area (Å²) in [5.74, 6) is 1.84. The molecule has 0 aliphatic rings. The van der Waals surface area contributed by atoms with Crippen molar-refractivity contribution in [3.63, 3.8) is 0 Å². The Labute approximate surface area is 540 Å². The molecule has 12 aromatic carbocycles. The number of aromatic nitrogens is 9. The molecule has 94 heavy (non-hydrogen) atoms. The third kappa shape index (κ3) is 9.05. The summed E-state index contributed by atoms with van der Waals surface area (Å²) < 4.78 is 9.23. The molecule has 7 heterocycles. The van der Waals surface area contributed by atoms with E-state index in [1.807, 2.05) is 85.5 Å².